The van der Waals surface area contributed by atoms with Crippen molar-refractivity contribution in [1.82, 2.24) is 9.80 Å². The summed E-state index contributed by atoms with van der Waals surface area (Å²) in [7, 11) is 0. The molecule has 2 fully saturated rings. The number of phenolic OH excluding ortho intramolecular Hbond substituents is 1. The molecule has 0 unspecified atom stereocenters. The Hall–Kier alpha value is -3.39. The van der Waals surface area contributed by atoms with Crippen LogP contribution < -0.4 is 5.32 Å². The predicted molar refractivity (Wildman–Crippen MR) is 131 cm³/mol. The number of carbonyl (C=O) groups excluding carboxylic acids is 2. The first-order valence-corrected chi connectivity index (χ1v) is 11.8. The highest BCUT2D eigenvalue weighted by atomic mass is 16.3. The zero-order valence-corrected chi connectivity index (χ0v) is 19.8. The first-order chi connectivity index (χ1) is 16.3. The van der Waals surface area contributed by atoms with Crippen LogP contribution in [0.3, 0.4) is 0 Å². The second-order valence-electron chi connectivity index (χ2n) is 9.21. The molecule has 2 aliphatic heterocycles. The first-order valence-electron chi connectivity index (χ1n) is 11.8. The number of rotatable bonds is 4. The summed E-state index contributed by atoms with van der Waals surface area (Å²) in [5.74, 6) is 0.419. The fourth-order valence-corrected chi connectivity index (χ4v) is 4.59. The zero-order valence-electron chi connectivity index (χ0n) is 19.8. The van der Waals surface area contributed by atoms with Crippen LogP contribution in [0.2, 0.25) is 0 Å². The van der Waals surface area contributed by atoms with Crippen molar-refractivity contribution >= 4 is 23.2 Å². The molecule has 0 aromatic heterocycles. The second-order valence-corrected chi connectivity index (χ2v) is 9.21. The fraction of sp³-hybridized carbons (Fsp3) is 0.423. The van der Waals surface area contributed by atoms with E-state index in [0.717, 1.165) is 37.3 Å². The third-order valence-electron chi connectivity index (χ3n) is 6.75. The highest BCUT2D eigenvalue weighted by Crippen LogP contribution is 2.23. The molecule has 3 aliphatic rings. The van der Waals surface area contributed by atoms with E-state index < -0.39 is 0 Å². The number of likely N-dealkylation sites (tertiary alicyclic amines) is 1. The third-order valence-corrected chi connectivity index (χ3v) is 6.75. The molecule has 0 spiro atoms. The number of hydrogen-bond donors (Lipinski definition) is 3. The molecule has 34 heavy (non-hydrogen) atoms. The van der Waals surface area contributed by atoms with E-state index in [-0.39, 0.29) is 23.5 Å². The van der Waals surface area contributed by atoms with Crippen molar-refractivity contribution < 1.29 is 24.4 Å². The van der Waals surface area contributed by atoms with Crippen LogP contribution in [0.4, 0.5) is 5.69 Å². The third kappa shape index (κ3) is 5.56. The van der Waals surface area contributed by atoms with E-state index >= 15 is 0 Å². The van der Waals surface area contributed by atoms with Crippen LogP contribution in [0.15, 0.2) is 53.8 Å². The number of allylic oxidation sites excluding steroid dienone is 6. The van der Waals surface area contributed by atoms with Crippen molar-refractivity contribution in [3.8, 4) is 5.75 Å². The number of aliphatic hydroxyl groups is 1. The standard InChI is InChI=1S/C26H32N4O4/c1-18-15-22(5-8-24(18)32)27-26(34)21-9-10-28(16-21)17-25(33)30-13-11-29(12-14-30)23-6-3-20(4-7-23)19(2)31/h3-8,15,21H,9-14,16-17H2,1-2H3,(H2,27,32,34)/p+1/t21-/m1/s1. The molecule has 1 aromatic carbocycles. The van der Waals surface area contributed by atoms with Crippen molar-refractivity contribution in [3.05, 3.63) is 59.4 Å². The maximum absolute atomic E-state index is 12.9. The molecule has 1 aromatic rings. The summed E-state index contributed by atoms with van der Waals surface area (Å²) in [6, 6.07) is 5.02. The summed E-state index contributed by atoms with van der Waals surface area (Å²) in [5, 5.41) is 22.2. The number of aryl methyl sites for hydroxylation is 1. The highest BCUT2D eigenvalue weighted by Gasteiger charge is 2.32. The van der Waals surface area contributed by atoms with Crippen molar-refractivity contribution in [3.63, 3.8) is 0 Å². The number of piperazine rings is 1. The van der Waals surface area contributed by atoms with Crippen LogP contribution in [0.1, 0.15) is 18.9 Å². The molecule has 8 nitrogen and oxygen atoms in total. The smallest absolute Gasteiger partial charge is 0.237 e. The van der Waals surface area contributed by atoms with E-state index in [1.807, 2.05) is 29.2 Å². The van der Waals surface area contributed by atoms with Gasteiger partial charge >= 0.3 is 0 Å². The quantitative estimate of drug-likeness (QED) is 0.360. The topological polar surface area (TPSA) is 96.1 Å². The maximum Gasteiger partial charge on any atom is 0.237 e. The van der Waals surface area contributed by atoms with E-state index in [2.05, 4.69) is 14.8 Å². The van der Waals surface area contributed by atoms with E-state index in [4.69, 9.17) is 0 Å². The van der Waals surface area contributed by atoms with Gasteiger partial charge in [-0.3, -0.25) is 14.5 Å². The molecular weight excluding hydrogens is 432 g/mol. The summed E-state index contributed by atoms with van der Waals surface area (Å²) in [6.45, 7) is 7.98. The number of nitrogens with one attached hydrogen (secondary N) is 1. The molecule has 2 amide bonds. The van der Waals surface area contributed by atoms with E-state index in [9.17, 15) is 19.8 Å². The number of carbonyl (C=O) groups is 2. The summed E-state index contributed by atoms with van der Waals surface area (Å²) in [6.07, 6.45) is 8.55. The van der Waals surface area contributed by atoms with Crippen LogP contribution in [-0.4, -0.2) is 87.9 Å². The minimum atomic E-state index is -0.151. The lowest BCUT2D eigenvalue weighted by Gasteiger charge is -2.28. The van der Waals surface area contributed by atoms with Gasteiger partial charge in [-0.1, -0.05) is 0 Å². The van der Waals surface area contributed by atoms with Gasteiger partial charge in [-0.2, -0.15) is 0 Å². The zero-order chi connectivity index (χ0) is 24.2. The number of hydrogen-bond acceptors (Lipinski definition) is 5. The molecule has 1 aliphatic carbocycles. The minimum Gasteiger partial charge on any atom is -0.512 e. The molecule has 8 heteroatoms. The van der Waals surface area contributed by atoms with Crippen LogP contribution in [0, 0.1) is 12.8 Å². The molecule has 0 radical (unpaired) electrons. The van der Waals surface area contributed by atoms with Gasteiger partial charge in [-0.05, 0) is 62.7 Å². The summed E-state index contributed by atoms with van der Waals surface area (Å²) < 4.78 is 2.25. The number of amides is 2. The lowest BCUT2D eigenvalue weighted by atomic mass is 10.1. The number of nitrogens with zero attached hydrogens (tertiary/aromatic N) is 3. The number of phenols is 1. The Labute approximate surface area is 200 Å². The Bertz CT molecular complexity index is 1070. The van der Waals surface area contributed by atoms with Gasteiger partial charge in [-0.15, -0.1) is 0 Å². The Morgan fingerprint density at radius 1 is 1.12 bits per heavy atom. The van der Waals surface area contributed by atoms with E-state index in [1.54, 1.807) is 32.0 Å². The minimum absolute atomic E-state index is 0.0475. The van der Waals surface area contributed by atoms with Gasteiger partial charge in [0.15, 0.2) is 18.8 Å². The van der Waals surface area contributed by atoms with Crippen LogP contribution in [0.25, 0.3) is 0 Å². The van der Waals surface area contributed by atoms with Gasteiger partial charge in [0.05, 0.1) is 31.3 Å². The second kappa shape index (κ2) is 10.3. The van der Waals surface area contributed by atoms with Gasteiger partial charge in [0, 0.05) is 30.0 Å². The van der Waals surface area contributed by atoms with Gasteiger partial charge in [0.2, 0.25) is 11.8 Å². The molecule has 1 atom stereocenters. The molecule has 2 saturated heterocycles. The number of aromatic hydroxyl groups is 1. The molecule has 4 rings (SSSR count). The Morgan fingerprint density at radius 2 is 1.82 bits per heavy atom. The van der Waals surface area contributed by atoms with Crippen molar-refractivity contribution in [2.45, 2.75) is 20.3 Å². The van der Waals surface area contributed by atoms with Gasteiger partial charge in [0.1, 0.15) is 5.75 Å². The summed E-state index contributed by atoms with van der Waals surface area (Å²) in [5.41, 5.74) is 3.29. The number of anilines is 1. The van der Waals surface area contributed by atoms with E-state index in [1.165, 1.54) is 0 Å². The fourth-order valence-electron chi connectivity index (χ4n) is 4.59. The van der Waals surface area contributed by atoms with Crippen molar-refractivity contribution in [2.24, 2.45) is 5.92 Å². The Morgan fingerprint density at radius 3 is 2.47 bits per heavy atom. The molecule has 3 N–H and O–H groups in total. The summed E-state index contributed by atoms with van der Waals surface area (Å²) in [4.78, 5) is 29.5. The average Bonchev–Trinajstić information content (AvgIpc) is 3.30. The molecular formula is C26H33N4O4+. The van der Waals surface area contributed by atoms with Crippen LogP contribution in [-0.2, 0) is 9.59 Å². The van der Waals surface area contributed by atoms with Gasteiger partial charge in [-0.25, -0.2) is 4.58 Å². The lowest BCUT2D eigenvalue weighted by molar-refractivity contribution is -0.536. The highest BCUT2D eigenvalue weighted by molar-refractivity contribution is 6.02. The predicted octanol–water partition coefficient (Wildman–Crippen LogP) is 2.21. The average molecular weight is 466 g/mol. The number of benzene rings is 1. The molecule has 180 valence electrons. The monoisotopic (exact) mass is 465 g/mol. The van der Waals surface area contributed by atoms with Crippen molar-refractivity contribution in [1.29, 1.82) is 0 Å². The summed E-state index contributed by atoms with van der Waals surface area (Å²) >= 11 is 0. The first kappa shape index (κ1) is 23.8. The molecule has 0 saturated carbocycles. The molecule has 0 bridgehead atoms. The normalized spacial score (nSPS) is 20.7. The van der Waals surface area contributed by atoms with E-state index in [0.29, 0.717) is 43.2 Å². The van der Waals surface area contributed by atoms with Crippen LogP contribution in [0.5, 0.6) is 5.75 Å². The van der Waals surface area contributed by atoms with Gasteiger partial charge < -0.3 is 20.4 Å². The van der Waals surface area contributed by atoms with Crippen molar-refractivity contribution in [2.75, 3.05) is 51.1 Å². The number of aliphatic hydroxyl groups excluding tert-OH is 1. The SMILES string of the molecule is CC(O)=C1C=CC(=[N+]2CCN(C(=O)CN3CC[C@@H](C(=O)Nc4ccc(O)c(C)c4)C3)CC2)C=C1. The Kier molecular flexibility index (Phi) is 7.17. The van der Waals surface area contributed by atoms with Gasteiger partial charge in [0.25, 0.3) is 0 Å². The molecule has 2 heterocycles. The maximum atomic E-state index is 12.9. The largest absolute Gasteiger partial charge is 0.512 e. The Balaban J connectivity index is 1.24. The lowest BCUT2D eigenvalue weighted by Crippen LogP contribution is -2.49. The van der Waals surface area contributed by atoms with Crippen LogP contribution >= 0.6 is 0 Å².